The van der Waals surface area contributed by atoms with Crippen LogP contribution in [0.1, 0.15) is 66.8 Å². The van der Waals surface area contributed by atoms with Crippen molar-refractivity contribution in [1.29, 1.82) is 0 Å². The molecule has 2 heterocycles. The van der Waals surface area contributed by atoms with Crippen molar-refractivity contribution in [3.8, 4) is 0 Å². The number of aryl methyl sites for hydroxylation is 4. The maximum Gasteiger partial charge on any atom is 0.248 e. The van der Waals surface area contributed by atoms with Crippen molar-refractivity contribution < 1.29 is 17.7 Å². The predicted octanol–water partition coefficient (Wildman–Crippen LogP) is 4.39. The fourth-order valence-electron chi connectivity index (χ4n) is 4.36. The van der Waals surface area contributed by atoms with Gasteiger partial charge in [-0.05, 0) is 76.6 Å². The molecule has 33 heavy (non-hydrogen) atoms. The number of carbonyl (C=O) groups excluding carboxylic acids is 1. The van der Waals surface area contributed by atoms with Gasteiger partial charge in [0.05, 0.1) is 0 Å². The van der Waals surface area contributed by atoms with Gasteiger partial charge >= 0.3 is 0 Å². The summed E-state index contributed by atoms with van der Waals surface area (Å²) in [5.41, 5.74) is 4.78. The number of rotatable bonds is 7. The van der Waals surface area contributed by atoms with Gasteiger partial charge < -0.3 is 9.84 Å². The van der Waals surface area contributed by atoms with E-state index in [-0.39, 0.29) is 28.5 Å². The topological polar surface area (TPSA) is 92.5 Å². The molecule has 1 aliphatic heterocycles. The lowest BCUT2D eigenvalue weighted by Gasteiger charge is -2.31. The summed E-state index contributed by atoms with van der Waals surface area (Å²) in [6.45, 7) is 12.3. The summed E-state index contributed by atoms with van der Waals surface area (Å²) in [5, 5.41) is 6.94. The van der Waals surface area contributed by atoms with Crippen molar-refractivity contribution in [1.82, 2.24) is 14.8 Å². The smallest absolute Gasteiger partial charge is 0.248 e. The van der Waals surface area contributed by atoms with Crippen LogP contribution in [0.15, 0.2) is 21.6 Å². The molecular weight excluding hydrogens is 438 g/mol. The van der Waals surface area contributed by atoms with Crippen molar-refractivity contribution in [3.05, 3.63) is 45.8 Å². The quantitative estimate of drug-likeness (QED) is 0.644. The lowest BCUT2D eigenvalue weighted by Crippen LogP contribution is -2.44. The number of amides is 1. The number of aromatic nitrogens is 1. The Labute approximate surface area is 197 Å². The average Bonchev–Trinajstić information content (AvgIpc) is 3.14. The number of nitrogens with one attached hydrogen (secondary N) is 1. The number of hydrogen-bond donors (Lipinski definition) is 1. The summed E-state index contributed by atoms with van der Waals surface area (Å²) < 4.78 is 33.8. The van der Waals surface area contributed by atoms with E-state index in [0.29, 0.717) is 31.6 Å². The number of sulfonamides is 1. The van der Waals surface area contributed by atoms with Gasteiger partial charge in [0, 0.05) is 25.0 Å². The van der Waals surface area contributed by atoms with E-state index >= 15 is 0 Å². The molecule has 0 radical (unpaired) electrons. The fraction of sp³-hybridized carbons (Fsp3) is 0.520. The van der Waals surface area contributed by atoms with E-state index in [0.717, 1.165) is 23.1 Å². The third-order valence-corrected chi connectivity index (χ3v) is 8.45. The lowest BCUT2D eigenvalue weighted by molar-refractivity contribution is -0.126. The highest BCUT2D eigenvalue weighted by molar-refractivity contribution is 7.89. The number of carbonyl (C=O) groups is 1. The van der Waals surface area contributed by atoms with Crippen LogP contribution in [0, 0.1) is 33.6 Å². The first-order chi connectivity index (χ1) is 15.5. The molecule has 1 fully saturated rings. The molecular formula is C25H35N3O4S. The molecule has 2 aromatic rings. The van der Waals surface area contributed by atoms with Gasteiger partial charge in [-0.1, -0.05) is 35.9 Å². The number of nitrogens with zero attached hydrogens (tertiary/aromatic N) is 2. The van der Waals surface area contributed by atoms with Gasteiger partial charge in [0.2, 0.25) is 15.9 Å². The van der Waals surface area contributed by atoms with Crippen molar-refractivity contribution in [2.45, 2.75) is 71.7 Å². The molecule has 1 saturated heterocycles. The SMILES string of the molecule is CCC(C)NC(=O)C1CCN(S(=O)(=O)c2c(C)noc2C=Cc2c(C)cc(C)cc2C)CC1. The first kappa shape index (κ1) is 25.2. The second-order valence-corrected chi connectivity index (χ2v) is 11.0. The normalized spacial score (nSPS) is 16.9. The van der Waals surface area contributed by atoms with Gasteiger partial charge in [0.25, 0.3) is 0 Å². The Balaban J connectivity index is 1.79. The number of hydrogen-bond acceptors (Lipinski definition) is 5. The van der Waals surface area contributed by atoms with Gasteiger partial charge in [-0.3, -0.25) is 4.79 Å². The molecule has 0 saturated carbocycles. The zero-order valence-electron chi connectivity index (χ0n) is 20.4. The molecule has 0 bridgehead atoms. The number of piperidine rings is 1. The zero-order chi connectivity index (χ0) is 24.3. The third kappa shape index (κ3) is 5.55. The summed E-state index contributed by atoms with van der Waals surface area (Å²) in [4.78, 5) is 12.5. The zero-order valence-corrected chi connectivity index (χ0v) is 21.3. The van der Waals surface area contributed by atoms with Crippen LogP contribution in [0.25, 0.3) is 12.2 Å². The lowest BCUT2D eigenvalue weighted by atomic mass is 9.97. The van der Waals surface area contributed by atoms with Gasteiger partial charge in [0.15, 0.2) is 10.7 Å². The second kappa shape index (κ2) is 10.2. The maximum atomic E-state index is 13.5. The van der Waals surface area contributed by atoms with E-state index in [1.54, 1.807) is 13.0 Å². The molecule has 180 valence electrons. The Morgan fingerprint density at radius 1 is 1.18 bits per heavy atom. The monoisotopic (exact) mass is 473 g/mol. The Kier molecular flexibility index (Phi) is 7.80. The van der Waals surface area contributed by atoms with Crippen LogP contribution in [0.5, 0.6) is 0 Å². The Bertz CT molecular complexity index is 1120. The van der Waals surface area contributed by atoms with E-state index in [9.17, 15) is 13.2 Å². The van der Waals surface area contributed by atoms with Crippen LogP contribution >= 0.6 is 0 Å². The van der Waals surface area contributed by atoms with E-state index in [1.165, 1.54) is 9.87 Å². The van der Waals surface area contributed by atoms with Crippen molar-refractivity contribution in [2.24, 2.45) is 5.92 Å². The van der Waals surface area contributed by atoms with Crippen molar-refractivity contribution >= 4 is 28.1 Å². The van der Waals surface area contributed by atoms with E-state index in [2.05, 4.69) is 29.5 Å². The van der Waals surface area contributed by atoms with Crippen LogP contribution in [0.4, 0.5) is 0 Å². The Morgan fingerprint density at radius 2 is 1.79 bits per heavy atom. The Hall–Kier alpha value is -2.45. The molecule has 1 unspecified atom stereocenters. The molecule has 1 N–H and O–H groups in total. The summed E-state index contributed by atoms with van der Waals surface area (Å²) in [6, 6.07) is 4.31. The minimum absolute atomic E-state index is 0.00927. The molecule has 1 atom stereocenters. The van der Waals surface area contributed by atoms with Gasteiger partial charge in [-0.2, -0.15) is 4.31 Å². The largest absolute Gasteiger partial charge is 0.355 e. The highest BCUT2D eigenvalue weighted by Crippen LogP contribution is 2.30. The third-order valence-electron chi connectivity index (χ3n) is 6.40. The molecule has 3 rings (SSSR count). The molecule has 0 aliphatic carbocycles. The van der Waals surface area contributed by atoms with Gasteiger partial charge in [-0.15, -0.1) is 0 Å². The second-order valence-electron chi connectivity index (χ2n) is 9.10. The van der Waals surface area contributed by atoms with E-state index < -0.39 is 10.0 Å². The summed E-state index contributed by atoms with van der Waals surface area (Å²) in [6.07, 6.45) is 5.43. The Morgan fingerprint density at radius 3 is 2.36 bits per heavy atom. The van der Waals surface area contributed by atoms with Gasteiger partial charge in [-0.25, -0.2) is 8.42 Å². The molecule has 8 heteroatoms. The first-order valence-electron chi connectivity index (χ1n) is 11.6. The predicted molar refractivity (Wildman–Crippen MR) is 130 cm³/mol. The first-order valence-corrected chi connectivity index (χ1v) is 13.0. The highest BCUT2D eigenvalue weighted by atomic mass is 32.2. The molecule has 1 aliphatic rings. The van der Waals surface area contributed by atoms with Crippen LogP contribution in [-0.2, 0) is 14.8 Å². The van der Waals surface area contributed by atoms with Crippen molar-refractivity contribution in [2.75, 3.05) is 13.1 Å². The molecule has 1 aromatic carbocycles. The standard InChI is InChI=1S/C25H35N3O4S/c1-7-19(5)26-25(29)21-10-12-28(13-11-21)33(30,31)24-20(6)27-32-23(24)9-8-22-17(3)14-16(2)15-18(22)4/h8-9,14-15,19,21H,7,10-13H2,1-6H3,(H,26,29). The average molecular weight is 474 g/mol. The maximum absolute atomic E-state index is 13.5. The minimum Gasteiger partial charge on any atom is -0.355 e. The summed E-state index contributed by atoms with van der Waals surface area (Å²) in [5.74, 6) is 0.0689. The number of benzene rings is 1. The van der Waals surface area contributed by atoms with Crippen LogP contribution in [-0.4, -0.2) is 42.9 Å². The van der Waals surface area contributed by atoms with E-state index in [1.807, 2.05) is 33.8 Å². The van der Waals surface area contributed by atoms with Crippen molar-refractivity contribution in [3.63, 3.8) is 0 Å². The summed E-state index contributed by atoms with van der Waals surface area (Å²) in [7, 11) is -3.79. The highest BCUT2D eigenvalue weighted by Gasteiger charge is 2.36. The molecule has 1 aromatic heterocycles. The minimum atomic E-state index is -3.79. The van der Waals surface area contributed by atoms with E-state index in [4.69, 9.17) is 4.52 Å². The molecule has 0 spiro atoms. The molecule has 7 nitrogen and oxygen atoms in total. The van der Waals surface area contributed by atoms with Crippen LogP contribution in [0.2, 0.25) is 0 Å². The van der Waals surface area contributed by atoms with Gasteiger partial charge in [0.1, 0.15) is 5.69 Å². The summed E-state index contributed by atoms with van der Waals surface area (Å²) >= 11 is 0. The van der Waals surface area contributed by atoms with Crippen LogP contribution in [0.3, 0.4) is 0 Å². The molecule has 1 amide bonds. The van der Waals surface area contributed by atoms with Crippen LogP contribution < -0.4 is 5.32 Å². The fourth-order valence-corrected chi connectivity index (χ4v) is 6.08.